The highest BCUT2D eigenvalue weighted by Crippen LogP contribution is 2.27. The molecule has 2 aromatic heterocycles. The van der Waals surface area contributed by atoms with Crippen molar-refractivity contribution in [3.8, 4) is 0 Å². The van der Waals surface area contributed by atoms with Crippen LogP contribution in [0.15, 0.2) is 52.1 Å². The Morgan fingerprint density at radius 2 is 1.96 bits per heavy atom. The molecule has 0 aliphatic carbocycles. The van der Waals surface area contributed by atoms with Crippen LogP contribution in [0.4, 0.5) is 4.39 Å². The number of benzene rings is 1. The summed E-state index contributed by atoms with van der Waals surface area (Å²) in [5, 5.41) is 0.632. The van der Waals surface area contributed by atoms with E-state index in [2.05, 4.69) is 20.9 Å². The van der Waals surface area contributed by atoms with Crippen LogP contribution in [-0.2, 0) is 16.4 Å². The third kappa shape index (κ3) is 2.90. The van der Waals surface area contributed by atoms with E-state index in [1.807, 2.05) is 6.92 Å². The molecule has 23 heavy (non-hydrogen) atoms. The van der Waals surface area contributed by atoms with Gasteiger partial charge in [0, 0.05) is 28.7 Å². The molecule has 0 bridgehead atoms. The molecule has 0 spiro atoms. The van der Waals surface area contributed by atoms with E-state index in [1.165, 1.54) is 12.4 Å². The van der Waals surface area contributed by atoms with Crippen LogP contribution >= 0.6 is 15.9 Å². The normalized spacial score (nSPS) is 12.0. The molecule has 3 aromatic rings. The molecule has 0 saturated carbocycles. The van der Waals surface area contributed by atoms with E-state index in [4.69, 9.17) is 0 Å². The Morgan fingerprint density at radius 3 is 2.61 bits per heavy atom. The summed E-state index contributed by atoms with van der Waals surface area (Å²) in [7, 11) is -3.78. The minimum absolute atomic E-state index is 0.144. The molecule has 7 heteroatoms. The van der Waals surface area contributed by atoms with Gasteiger partial charge >= 0.3 is 0 Å². The van der Waals surface area contributed by atoms with E-state index in [9.17, 15) is 12.8 Å². The summed E-state index contributed by atoms with van der Waals surface area (Å²) in [6.45, 7) is 1.33. The van der Waals surface area contributed by atoms with Gasteiger partial charge in [-0.25, -0.2) is 17.4 Å². The predicted octanol–water partition coefficient (Wildman–Crippen LogP) is 3.86. The monoisotopic (exact) mass is 396 g/mol. The average Bonchev–Trinajstić information content (AvgIpc) is 2.87. The quantitative estimate of drug-likeness (QED) is 0.672. The van der Waals surface area contributed by atoms with Gasteiger partial charge in [-0.1, -0.05) is 17.7 Å². The van der Waals surface area contributed by atoms with Crippen LogP contribution in [0.2, 0.25) is 0 Å². The molecule has 4 nitrogen and oxygen atoms in total. The summed E-state index contributed by atoms with van der Waals surface area (Å²) in [5.74, 6) is 0. The topological polar surface area (TPSA) is 52.0 Å². The Labute approximate surface area is 142 Å². The Hall–Kier alpha value is -1.73. The Kier molecular flexibility index (Phi) is 4.25. The molecule has 0 radical (unpaired) electrons. The molecule has 0 aliphatic heterocycles. The summed E-state index contributed by atoms with van der Waals surface area (Å²) < 4.78 is 40.4. The minimum atomic E-state index is -3.78. The highest BCUT2D eigenvalue weighted by Gasteiger charge is 2.22. The van der Waals surface area contributed by atoms with Crippen molar-refractivity contribution >= 4 is 37.0 Å². The maximum atomic E-state index is 12.9. The molecular weight excluding hydrogens is 383 g/mol. The fourth-order valence-electron chi connectivity index (χ4n) is 2.42. The van der Waals surface area contributed by atoms with Crippen LogP contribution in [-0.4, -0.2) is 24.0 Å². The minimum Gasteiger partial charge on any atom is -0.251 e. The lowest BCUT2D eigenvalue weighted by Gasteiger charge is -2.07. The van der Waals surface area contributed by atoms with Crippen LogP contribution in [0.3, 0.4) is 0 Å². The predicted molar refractivity (Wildman–Crippen MR) is 90.9 cm³/mol. The summed E-state index contributed by atoms with van der Waals surface area (Å²) in [6.07, 6.45) is 3.13. The molecule has 0 amide bonds. The lowest BCUT2D eigenvalue weighted by atomic mass is 10.2. The lowest BCUT2D eigenvalue weighted by Crippen LogP contribution is -2.12. The first-order valence-corrected chi connectivity index (χ1v) is 9.20. The highest BCUT2D eigenvalue weighted by atomic mass is 79.9. The van der Waals surface area contributed by atoms with Crippen molar-refractivity contribution in [1.82, 2.24) is 8.96 Å². The second-order valence-corrected chi connectivity index (χ2v) is 7.96. The Balaban J connectivity index is 2.25. The van der Waals surface area contributed by atoms with E-state index in [1.54, 1.807) is 30.3 Å². The first kappa shape index (κ1) is 16.1. The Morgan fingerprint density at radius 1 is 1.26 bits per heavy atom. The first-order chi connectivity index (χ1) is 10.9. The van der Waals surface area contributed by atoms with Crippen LogP contribution in [0.5, 0.6) is 0 Å². The molecular formula is C16H14BrFN2O2S. The van der Waals surface area contributed by atoms with Crippen LogP contribution in [0, 0.1) is 6.92 Å². The zero-order valence-corrected chi connectivity index (χ0v) is 14.7. The average molecular weight is 397 g/mol. The number of rotatable bonds is 4. The second-order valence-electron chi connectivity index (χ2n) is 5.23. The van der Waals surface area contributed by atoms with Crippen LogP contribution in [0.1, 0.15) is 11.1 Å². The van der Waals surface area contributed by atoms with E-state index in [0.717, 1.165) is 14.0 Å². The second kappa shape index (κ2) is 6.05. The fraction of sp³-hybridized carbons (Fsp3) is 0.188. The van der Waals surface area contributed by atoms with Gasteiger partial charge in [-0.15, -0.1) is 0 Å². The van der Waals surface area contributed by atoms with Gasteiger partial charge in [-0.2, -0.15) is 0 Å². The molecule has 3 rings (SSSR count). The van der Waals surface area contributed by atoms with E-state index in [0.29, 0.717) is 16.6 Å². The van der Waals surface area contributed by atoms with Gasteiger partial charge in [0.1, 0.15) is 0 Å². The third-order valence-corrected chi connectivity index (χ3v) is 5.70. The third-order valence-electron chi connectivity index (χ3n) is 3.60. The number of nitrogens with zero attached hydrogens (tertiary/aromatic N) is 2. The van der Waals surface area contributed by atoms with Crippen molar-refractivity contribution in [2.45, 2.75) is 18.2 Å². The SMILES string of the molecule is Cc1ccc(S(=O)(=O)n2cc(CCF)c3cc(Br)cnc32)cc1. The fourth-order valence-corrected chi connectivity index (χ4v) is 4.10. The molecule has 0 aliphatic rings. The van der Waals surface area contributed by atoms with Crippen molar-refractivity contribution in [3.63, 3.8) is 0 Å². The number of aromatic nitrogens is 2. The van der Waals surface area contributed by atoms with Crippen LogP contribution in [0.25, 0.3) is 11.0 Å². The molecule has 1 aromatic carbocycles. The lowest BCUT2D eigenvalue weighted by molar-refractivity contribution is 0.496. The molecule has 0 unspecified atom stereocenters. The number of aryl methyl sites for hydroxylation is 2. The summed E-state index contributed by atoms with van der Waals surface area (Å²) in [5.41, 5.74) is 1.89. The van der Waals surface area contributed by atoms with Gasteiger partial charge in [0.2, 0.25) is 0 Å². The smallest absolute Gasteiger partial charge is 0.251 e. The van der Waals surface area contributed by atoms with E-state index in [-0.39, 0.29) is 11.3 Å². The van der Waals surface area contributed by atoms with E-state index >= 15 is 0 Å². The van der Waals surface area contributed by atoms with Gasteiger partial charge in [0.25, 0.3) is 10.0 Å². The summed E-state index contributed by atoms with van der Waals surface area (Å²) >= 11 is 3.32. The molecule has 120 valence electrons. The highest BCUT2D eigenvalue weighted by molar-refractivity contribution is 9.10. The number of halogens is 2. The molecule has 0 N–H and O–H groups in total. The number of hydrogen-bond acceptors (Lipinski definition) is 3. The number of fused-ring (bicyclic) bond motifs is 1. The standard InChI is InChI=1S/C16H14BrFN2O2S/c1-11-2-4-14(5-3-11)23(21,22)20-10-12(6-7-18)15-8-13(17)9-19-16(15)20/h2-5,8-10H,6-7H2,1H3. The zero-order chi connectivity index (χ0) is 16.6. The van der Waals surface area contributed by atoms with Crippen molar-refractivity contribution in [1.29, 1.82) is 0 Å². The van der Waals surface area contributed by atoms with Crippen LogP contribution < -0.4 is 0 Å². The summed E-state index contributed by atoms with van der Waals surface area (Å²) in [6, 6.07) is 8.36. The van der Waals surface area contributed by atoms with Gasteiger partial charge in [-0.05, 0) is 46.6 Å². The molecule has 0 atom stereocenters. The van der Waals surface area contributed by atoms with Gasteiger partial charge in [0.15, 0.2) is 5.65 Å². The summed E-state index contributed by atoms with van der Waals surface area (Å²) in [4.78, 5) is 4.38. The van der Waals surface area contributed by atoms with Gasteiger partial charge in [-0.3, -0.25) is 4.39 Å². The number of hydrogen-bond donors (Lipinski definition) is 0. The first-order valence-electron chi connectivity index (χ1n) is 6.97. The largest absolute Gasteiger partial charge is 0.269 e. The zero-order valence-electron chi connectivity index (χ0n) is 12.3. The Bertz CT molecular complexity index is 966. The van der Waals surface area contributed by atoms with Crippen molar-refractivity contribution in [3.05, 3.63) is 58.3 Å². The maximum absolute atomic E-state index is 12.9. The van der Waals surface area contributed by atoms with E-state index < -0.39 is 16.7 Å². The van der Waals surface area contributed by atoms with Crippen molar-refractivity contribution in [2.75, 3.05) is 6.67 Å². The number of pyridine rings is 1. The van der Waals surface area contributed by atoms with Gasteiger partial charge < -0.3 is 0 Å². The number of alkyl halides is 1. The molecule has 0 fully saturated rings. The molecule has 2 heterocycles. The van der Waals surface area contributed by atoms with Gasteiger partial charge in [0.05, 0.1) is 11.6 Å². The maximum Gasteiger partial charge on any atom is 0.269 e. The van der Waals surface area contributed by atoms with Crippen molar-refractivity contribution < 1.29 is 12.8 Å². The van der Waals surface area contributed by atoms with Crippen molar-refractivity contribution in [2.24, 2.45) is 0 Å². The molecule has 0 saturated heterocycles.